The van der Waals surface area contributed by atoms with E-state index in [1.807, 2.05) is 48.7 Å². The average Bonchev–Trinajstić information content (AvgIpc) is 3.26. The van der Waals surface area contributed by atoms with Gasteiger partial charge in [0.15, 0.2) is 11.5 Å². The lowest BCUT2D eigenvalue weighted by molar-refractivity contribution is 0.171. The van der Waals surface area contributed by atoms with Crippen molar-refractivity contribution in [1.29, 1.82) is 0 Å². The lowest BCUT2D eigenvalue weighted by Gasteiger charge is -2.22. The molecule has 1 aromatic heterocycles. The molecule has 0 aliphatic carbocycles. The Labute approximate surface area is 195 Å². The molecule has 1 aliphatic heterocycles. The number of thioether (sulfide) groups is 1. The maximum atomic E-state index is 13.5. The summed E-state index contributed by atoms with van der Waals surface area (Å²) in [6.45, 7) is 0.853. The molecule has 5 rings (SSSR count). The van der Waals surface area contributed by atoms with Crippen LogP contribution in [0.1, 0.15) is 16.5 Å². The molecular weight excluding hydrogens is 462 g/mol. The maximum Gasteiger partial charge on any atom is 0.241 e. The van der Waals surface area contributed by atoms with E-state index in [0.717, 1.165) is 25.4 Å². The predicted octanol–water partition coefficient (Wildman–Crippen LogP) is 5.46. The smallest absolute Gasteiger partial charge is 0.241 e. The zero-order chi connectivity index (χ0) is 22.1. The zero-order valence-electron chi connectivity index (χ0n) is 17.3. The second-order valence-electron chi connectivity index (χ2n) is 7.29. The number of thiophene rings is 1. The molecule has 1 unspecified atom stereocenters. The Morgan fingerprint density at radius 1 is 0.938 bits per heavy atom. The molecule has 0 spiro atoms. The Morgan fingerprint density at radius 3 is 2.50 bits per heavy atom. The van der Waals surface area contributed by atoms with Crippen molar-refractivity contribution in [3.8, 4) is 11.5 Å². The van der Waals surface area contributed by atoms with Crippen molar-refractivity contribution < 1.29 is 17.9 Å². The molecule has 8 heteroatoms. The molecule has 1 aliphatic rings. The molecule has 0 amide bonds. The fourth-order valence-electron chi connectivity index (χ4n) is 3.74. The number of nitrogens with one attached hydrogen (secondary N) is 1. The first-order valence-corrected chi connectivity index (χ1v) is 13.6. The maximum absolute atomic E-state index is 13.5. The quantitative estimate of drug-likeness (QED) is 0.369. The molecule has 0 saturated heterocycles. The monoisotopic (exact) mass is 483 g/mol. The fourth-order valence-corrected chi connectivity index (χ4v) is 6.79. The van der Waals surface area contributed by atoms with Crippen LogP contribution in [-0.2, 0) is 10.0 Å². The van der Waals surface area contributed by atoms with Crippen LogP contribution in [0.2, 0.25) is 0 Å². The minimum Gasteiger partial charge on any atom is -0.486 e. The molecule has 0 radical (unpaired) electrons. The van der Waals surface area contributed by atoms with Gasteiger partial charge in [-0.25, -0.2) is 8.42 Å². The van der Waals surface area contributed by atoms with Crippen molar-refractivity contribution in [2.75, 3.05) is 19.5 Å². The molecule has 0 fully saturated rings. The summed E-state index contributed by atoms with van der Waals surface area (Å²) in [6.07, 6.45) is 2.00. The van der Waals surface area contributed by atoms with E-state index in [1.165, 1.54) is 6.07 Å². The molecule has 3 aromatic carbocycles. The molecule has 1 atom stereocenters. The molecular formula is C24H21NO4S3. The van der Waals surface area contributed by atoms with Crippen molar-refractivity contribution in [2.45, 2.75) is 15.8 Å². The number of benzene rings is 3. The van der Waals surface area contributed by atoms with Crippen LogP contribution in [0, 0.1) is 0 Å². The zero-order valence-corrected chi connectivity index (χ0v) is 19.7. The summed E-state index contributed by atoms with van der Waals surface area (Å²) >= 11 is 3.20. The van der Waals surface area contributed by atoms with Crippen molar-refractivity contribution in [1.82, 2.24) is 4.72 Å². The molecule has 5 nitrogen and oxygen atoms in total. The lowest BCUT2D eigenvalue weighted by Crippen LogP contribution is -2.29. The summed E-state index contributed by atoms with van der Waals surface area (Å²) < 4.78 is 42.2. The minimum absolute atomic E-state index is 0.148. The Morgan fingerprint density at radius 2 is 1.69 bits per heavy atom. The van der Waals surface area contributed by atoms with Gasteiger partial charge in [-0.3, -0.25) is 0 Å². The van der Waals surface area contributed by atoms with Gasteiger partial charge in [0.2, 0.25) is 10.0 Å². The summed E-state index contributed by atoms with van der Waals surface area (Å²) in [5.74, 6) is 1.01. The van der Waals surface area contributed by atoms with E-state index in [2.05, 4.69) is 16.9 Å². The summed E-state index contributed by atoms with van der Waals surface area (Å²) in [5.41, 5.74) is 0.924. The van der Waals surface area contributed by atoms with Gasteiger partial charge in [0.1, 0.15) is 13.2 Å². The molecule has 32 heavy (non-hydrogen) atoms. The normalized spacial score (nSPS) is 14.4. The van der Waals surface area contributed by atoms with Crippen LogP contribution in [0.4, 0.5) is 0 Å². The van der Waals surface area contributed by atoms with E-state index in [0.29, 0.717) is 24.7 Å². The molecule has 164 valence electrons. The number of hydrogen-bond acceptors (Lipinski definition) is 6. The summed E-state index contributed by atoms with van der Waals surface area (Å²) in [5, 5.41) is 1.10. The molecule has 0 saturated carbocycles. The molecule has 2 heterocycles. The summed E-state index contributed by atoms with van der Waals surface area (Å²) in [6, 6.07) is 22.2. The first-order valence-electron chi connectivity index (χ1n) is 10.1. The van der Waals surface area contributed by atoms with E-state index < -0.39 is 16.1 Å². The van der Waals surface area contributed by atoms with Crippen LogP contribution in [0.5, 0.6) is 11.5 Å². The Kier molecular flexibility index (Phi) is 5.86. The van der Waals surface area contributed by atoms with Crippen LogP contribution in [-0.4, -0.2) is 27.9 Å². The highest BCUT2D eigenvalue weighted by Crippen LogP contribution is 2.38. The number of rotatable bonds is 6. The Balaban J connectivity index is 1.59. The van der Waals surface area contributed by atoms with Crippen LogP contribution in [0.25, 0.3) is 10.1 Å². The average molecular weight is 484 g/mol. The molecule has 4 aromatic rings. The third kappa shape index (κ3) is 4.11. The highest BCUT2D eigenvalue weighted by molar-refractivity contribution is 7.98. The third-order valence-corrected chi connectivity index (χ3v) is 8.69. The van der Waals surface area contributed by atoms with Gasteiger partial charge < -0.3 is 9.47 Å². The van der Waals surface area contributed by atoms with Crippen LogP contribution in [0.3, 0.4) is 0 Å². The van der Waals surface area contributed by atoms with E-state index >= 15 is 0 Å². The van der Waals surface area contributed by atoms with Gasteiger partial charge >= 0.3 is 0 Å². The van der Waals surface area contributed by atoms with E-state index in [-0.39, 0.29) is 4.90 Å². The second kappa shape index (κ2) is 8.78. The number of hydrogen-bond donors (Lipinski definition) is 1. The highest BCUT2D eigenvalue weighted by atomic mass is 32.2. The first kappa shape index (κ1) is 21.3. The predicted molar refractivity (Wildman–Crippen MR) is 130 cm³/mol. The number of ether oxygens (including phenoxy) is 2. The lowest BCUT2D eigenvalue weighted by atomic mass is 10.1. The van der Waals surface area contributed by atoms with Gasteiger partial charge in [0.05, 0.1) is 10.9 Å². The van der Waals surface area contributed by atoms with Gasteiger partial charge in [-0.05, 0) is 47.5 Å². The van der Waals surface area contributed by atoms with Crippen molar-refractivity contribution >= 4 is 43.2 Å². The van der Waals surface area contributed by atoms with Gasteiger partial charge in [-0.15, -0.1) is 23.1 Å². The minimum atomic E-state index is -3.84. The SMILES string of the molecule is CSc1ccccc1C(NS(=O)(=O)c1ccc2c(c1)OCCO2)c1cc2ccccc2s1. The van der Waals surface area contributed by atoms with Crippen LogP contribution < -0.4 is 14.2 Å². The number of fused-ring (bicyclic) bond motifs is 2. The Hall–Kier alpha value is -2.52. The standard InChI is InChI=1S/C24H21NO4S3/c1-30-22-9-5-3-7-18(22)24(23-14-16-6-2-4-8-21(16)31-23)25-32(26,27)17-10-11-19-20(15-17)29-13-12-28-19/h2-11,14-15,24-25H,12-13H2,1H3. The van der Waals surface area contributed by atoms with Gasteiger partial charge in [0, 0.05) is 20.5 Å². The summed E-state index contributed by atoms with van der Waals surface area (Å²) in [7, 11) is -3.84. The summed E-state index contributed by atoms with van der Waals surface area (Å²) in [4.78, 5) is 2.11. The first-order chi connectivity index (χ1) is 15.5. The third-order valence-electron chi connectivity index (χ3n) is 5.28. The topological polar surface area (TPSA) is 64.6 Å². The van der Waals surface area contributed by atoms with Crippen molar-refractivity contribution in [2.24, 2.45) is 0 Å². The highest BCUT2D eigenvalue weighted by Gasteiger charge is 2.27. The van der Waals surface area contributed by atoms with E-state index in [4.69, 9.17) is 9.47 Å². The van der Waals surface area contributed by atoms with Crippen molar-refractivity contribution in [3.63, 3.8) is 0 Å². The molecule has 1 N–H and O–H groups in total. The van der Waals surface area contributed by atoms with Crippen LogP contribution >= 0.6 is 23.1 Å². The number of sulfonamides is 1. The fraction of sp³-hybridized carbons (Fsp3) is 0.167. The Bertz CT molecular complexity index is 1350. The largest absolute Gasteiger partial charge is 0.486 e. The van der Waals surface area contributed by atoms with E-state index in [1.54, 1.807) is 35.2 Å². The molecule has 0 bridgehead atoms. The van der Waals surface area contributed by atoms with Gasteiger partial charge in [0.25, 0.3) is 0 Å². The van der Waals surface area contributed by atoms with Crippen molar-refractivity contribution in [3.05, 3.63) is 83.2 Å². The van der Waals surface area contributed by atoms with Crippen LogP contribution in [0.15, 0.2) is 82.6 Å². The van der Waals surface area contributed by atoms with Gasteiger partial charge in [-0.2, -0.15) is 4.72 Å². The van der Waals surface area contributed by atoms with Gasteiger partial charge in [-0.1, -0.05) is 36.4 Å². The second-order valence-corrected chi connectivity index (χ2v) is 11.0. The van der Waals surface area contributed by atoms with E-state index in [9.17, 15) is 8.42 Å².